The third kappa shape index (κ3) is 2.58. The Morgan fingerprint density at radius 3 is 2.81 bits per heavy atom. The summed E-state index contributed by atoms with van der Waals surface area (Å²) in [6.07, 6.45) is 1.55. The molecule has 0 saturated carbocycles. The average Bonchev–Trinajstić information content (AvgIpc) is 3.24. The highest BCUT2D eigenvalue weighted by Crippen LogP contribution is 2.30. The highest BCUT2D eigenvalue weighted by molar-refractivity contribution is 5.97. The summed E-state index contributed by atoms with van der Waals surface area (Å²) in [5.74, 6) is 0.206. The van der Waals surface area contributed by atoms with Crippen LogP contribution >= 0.6 is 0 Å². The highest BCUT2D eigenvalue weighted by Gasteiger charge is 2.46. The first-order valence-electron chi connectivity index (χ1n) is 8.79. The zero-order valence-electron chi connectivity index (χ0n) is 14.7. The molecular weight excluding hydrogens is 337 g/mol. The summed E-state index contributed by atoms with van der Waals surface area (Å²) in [5, 5.41) is 0. The highest BCUT2D eigenvalue weighted by atomic mass is 19.1. The molecule has 0 aliphatic carbocycles. The van der Waals surface area contributed by atoms with Crippen molar-refractivity contribution < 1.29 is 18.4 Å². The van der Waals surface area contributed by atoms with Gasteiger partial charge in [-0.1, -0.05) is 12.1 Å². The molecule has 2 aliphatic rings. The van der Waals surface area contributed by atoms with Crippen molar-refractivity contribution in [3.63, 3.8) is 0 Å². The van der Waals surface area contributed by atoms with Gasteiger partial charge in [0.1, 0.15) is 29.4 Å². The van der Waals surface area contributed by atoms with E-state index in [4.69, 9.17) is 4.42 Å². The molecule has 3 heterocycles. The lowest BCUT2D eigenvalue weighted by atomic mass is 10.1. The van der Waals surface area contributed by atoms with Crippen molar-refractivity contribution in [1.29, 1.82) is 0 Å². The largest absolute Gasteiger partial charge is 0.441 e. The Hall–Kier alpha value is -2.70. The summed E-state index contributed by atoms with van der Waals surface area (Å²) in [6.45, 7) is 4.30. The van der Waals surface area contributed by atoms with E-state index < -0.39 is 11.9 Å². The summed E-state index contributed by atoms with van der Waals surface area (Å²) in [5.41, 5.74) is 0.820. The van der Waals surface area contributed by atoms with Crippen LogP contribution in [0.5, 0.6) is 0 Å². The van der Waals surface area contributed by atoms with Crippen molar-refractivity contribution in [2.75, 3.05) is 6.54 Å². The lowest BCUT2D eigenvalue weighted by molar-refractivity contribution is -0.159. The van der Waals surface area contributed by atoms with E-state index in [0.717, 1.165) is 6.42 Å². The third-order valence-electron chi connectivity index (χ3n) is 5.25. The van der Waals surface area contributed by atoms with E-state index in [1.165, 1.54) is 6.07 Å². The van der Waals surface area contributed by atoms with Crippen LogP contribution < -0.4 is 0 Å². The van der Waals surface area contributed by atoms with E-state index in [9.17, 15) is 14.0 Å². The van der Waals surface area contributed by atoms with Gasteiger partial charge in [-0.25, -0.2) is 9.37 Å². The number of carbonyl (C=O) groups excluding carboxylic acids is 2. The second-order valence-corrected chi connectivity index (χ2v) is 6.83. The molecule has 2 atom stereocenters. The van der Waals surface area contributed by atoms with Crippen LogP contribution in [-0.4, -0.2) is 45.2 Å². The molecule has 1 aromatic heterocycles. The summed E-state index contributed by atoms with van der Waals surface area (Å²) < 4.78 is 19.6. The van der Waals surface area contributed by atoms with Crippen molar-refractivity contribution in [1.82, 2.24) is 14.8 Å². The van der Waals surface area contributed by atoms with Crippen LogP contribution in [0.1, 0.15) is 31.2 Å². The van der Waals surface area contributed by atoms with Crippen molar-refractivity contribution in [3.8, 4) is 11.5 Å². The zero-order chi connectivity index (χ0) is 18.4. The topological polar surface area (TPSA) is 66.7 Å². The molecule has 2 aromatic rings. The quantitative estimate of drug-likeness (QED) is 0.847. The Bertz CT molecular complexity index is 879. The number of aromatic nitrogens is 1. The molecule has 2 saturated heterocycles. The fraction of sp³-hybridized carbons (Fsp3) is 0.421. The minimum Gasteiger partial charge on any atom is -0.441 e. The van der Waals surface area contributed by atoms with Crippen molar-refractivity contribution in [2.24, 2.45) is 0 Å². The van der Waals surface area contributed by atoms with Gasteiger partial charge in [0.05, 0.1) is 12.1 Å². The van der Waals surface area contributed by atoms with Gasteiger partial charge in [-0.3, -0.25) is 9.59 Å². The molecule has 0 unspecified atom stereocenters. The van der Waals surface area contributed by atoms with Crippen LogP contribution in [-0.2, 0) is 16.1 Å². The monoisotopic (exact) mass is 357 g/mol. The van der Waals surface area contributed by atoms with Crippen molar-refractivity contribution in [2.45, 2.75) is 45.3 Å². The summed E-state index contributed by atoms with van der Waals surface area (Å²) in [4.78, 5) is 33.0. The van der Waals surface area contributed by atoms with E-state index in [1.54, 1.807) is 41.8 Å². The molecule has 6 nitrogen and oxygen atoms in total. The molecule has 2 fully saturated rings. The van der Waals surface area contributed by atoms with Gasteiger partial charge in [-0.2, -0.15) is 0 Å². The molecule has 7 heteroatoms. The Kier molecular flexibility index (Phi) is 4.01. The number of rotatable bonds is 3. The van der Waals surface area contributed by atoms with Crippen LogP contribution in [0.15, 0.2) is 28.7 Å². The first-order chi connectivity index (χ1) is 12.5. The molecule has 2 aliphatic heterocycles. The van der Waals surface area contributed by atoms with Crippen LogP contribution in [0.3, 0.4) is 0 Å². The zero-order valence-corrected chi connectivity index (χ0v) is 14.7. The van der Waals surface area contributed by atoms with Crippen LogP contribution in [0, 0.1) is 12.7 Å². The van der Waals surface area contributed by atoms with E-state index in [-0.39, 0.29) is 35.9 Å². The number of benzene rings is 1. The number of halogens is 1. The molecule has 0 radical (unpaired) electrons. The molecule has 0 N–H and O–H groups in total. The maximum absolute atomic E-state index is 14.0. The van der Waals surface area contributed by atoms with E-state index in [0.29, 0.717) is 24.4 Å². The number of hydrogen-bond donors (Lipinski definition) is 0. The normalized spacial score (nSPS) is 22.9. The number of fused-ring (bicyclic) bond motifs is 1. The molecule has 1 aromatic carbocycles. The van der Waals surface area contributed by atoms with Crippen molar-refractivity contribution in [3.05, 3.63) is 41.5 Å². The first-order valence-corrected chi connectivity index (χ1v) is 8.79. The van der Waals surface area contributed by atoms with Gasteiger partial charge in [-0.05, 0) is 38.8 Å². The average molecular weight is 357 g/mol. The Balaban J connectivity index is 1.62. The Labute approximate surface area is 150 Å². The fourth-order valence-electron chi connectivity index (χ4n) is 3.74. The SMILES string of the molecule is Cc1oc(-c2ccccc2F)nc1CN1C(=O)[C@@H]2CCCN2C(=O)[C@@H]1C. The molecule has 136 valence electrons. The van der Waals surface area contributed by atoms with Gasteiger partial charge in [0, 0.05) is 6.54 Å². The van der Waals surface area contributed by atoms with Gasteiger partial charge < -0.3 is 14.2 Å². The summed E-state index contributed by atoms with van der Waals surface area (Å²) in [6, 6.07) is 5.35. The number of nitrogens with zero attached hydrogens (tertiary/aromatic N) is 3. The van der Waals surface area contributed by atoms with Gasteiger partial charge in [0.25, 0.3) is 0 Å². The summed E-state index contributed by atoms with van der Waals surface area (Å²) >= 11 is 0. The minimum absolute atomic E-state index is 0.0254. The molecular formula is C19H20FN3O3. The van der Waals surface area contributed by atoms with E-state index in [2.05, 4.69) is 4.98 Å². The number of aryl methyl sites for hydroxylation is 1. The van der Waals surface area contributed by atoms with Gasteiger partial charge >= 0.3 is 0 Å². The van der Waals surface area contributed by atoms with Crippen LogP contribution in [0.25, 0.3) is 11.5 Å². The smallest absolute Gasteiger partial charge is 0.246 e. The van der Waals surface area contributed by atoms with Crippen LogP contribution in [0.4, 0.5) is 4.39 Å². The second-order valence-electron chi connectivity index (χ2n) is 6.83. The number of piperazine rings is 1. The molecule has 0 spiro atoms. The molecule has 4 rings (SSSR count). The number of hydrogen-bond acceptors (Lipinski definition) is 4. The fourth-order valence-corrected chi connectivity index (χ4v) is 3.74. The lowest BCUT2D eigenvalue weighted by Gasteiger charge is -2.40. The van der Waals surface area contributed by atoms with Gasteiger partial charge in [-0.15, -0.1) is 0 Å². The summed E-state index contributed by atoms with van der Waals surface area (Å²) in [7, 11) is 0. The lowest BCUT2D eigenvalue weighted by Crippen LogP contribution is -2.61. The number of oxazole rings is 1. The van der Waals surface area contributed by atoms with E-state index in [1.807, 2.05) is 0 Å². The number of carbonyl (C=O) groups is 2. The first kappa shape index (κ1) is 16.8. The molecule has 0 bridgehead atoms. The number of amides is 2. The minimum atomic E-state index is -0.537. The molecule has 26 heavy (non-hydrogen) atoms. The van der Waals surface area contributed by atoms with Gasteiger partial charge in [0.2, 0.25) is 17.7 Å². The van der Waals surface area contributed by atoms with E-state index >= 15 is 0 Å². The predicted molar refractivity (Wildman–Crippen MR) is 91.4 cm³/mol. The predicted octanol–water partition coefficient (Wildman–Crippen LogP) is 2.51. The van der Waals surface area contributed by atoms with Crippen molar-refractivity contribution >= 4 is 11.8 Å². The maximum atomic E-state index is 14.0. The maximum Gasteiger partial charge on any atom is 0.246 e. The Morgan fingerprint density at radius 1 is 1.27 bits per heavy atom. The second kappa shape index (κ2) is 6.23. The van der Waals surface area contributed by atoms with Gasteiger partial charge in [0.15, 0.2) is 0 Å². The standard InChI is InChI=1S/C19H20FN3O3/c1-11-18(24)22-9-5-8-16(22)19(25)23(11)10-15-12(2)26-17(21-15)13-6-3-4-7-14(13)20/h3-4,6-7,11,16H,5,8-10H2,1-2H3/t11-,16-/m0/s1. The Morgan fingerprint density at radius 2 is 2.04 bits per heavy atom. The third-order valence-corrected chi connectivity index (χ3v) is 5.25. The van der Waals surface area contributed by atoms with Crippen LogP contribution in [0.2, 0.25) is 0 Å². The molecule has 2 amide bonds.